The summed E-state index contributed by atoms with van der Waals surface area (Å²) in [6, 6.07) is 2.09. The molecule has 3 nitrogen and oxygen atoms in total. The highest BCUT2D eigenvalue weighted by molar-refractivity contribution is 5.23. The minimum absolute atomic E-state index is 0.0394. The quantitative estimate of drug-likeness (QED) is 0.635. The molecule has 0 unspecified atom stereocenters. The molecule has 2 heterocycles. The van der Waals surface area contributed by atoms with Crippen LogP contribution in [0.1, 0.15) is 31.9 Å². The minimum atomic E-state index is 0.0394. The van der Waals surface area contributed by atoms with Gasteiger partial charge in [-0.25, -0.2) is 0 Å². The van der Waals surface area contributed by atoms with Crippen LogP contribution in [-0.2, 0) is 17.4 Å². The lowest BCUT2D eigenvalue weighted by molar-refractivity contribution is 0.273. The summed E-state index contributed by atoms with van der Waals surface area (Å²) >= 11 is 0. The summed E-state index contributed by atoms with van der Waals surface area (Å²) in [5.74, 6) is 0.823. The number of rotatable bonds is 1. The monoisotopic (exact) mass is 192 g/mol. The highest BCUT2D eigenvalue weighted by Gasteiger charge is 2.60. The van der Waals surface area contributed by atoms with Crippen molar-refractivity contribution in [3.8, 4) is 0 Å². The van der Waals surface area contributed by atoms with Crippen LogP contribution in [0.15, 0.2) is 12.3 Å². The molecule has 14 heavy (non-hydrogen) atoms. The number of aryl methyl sites for hydroxylation is 1. The first-order valence-corrected chi connectivity index (χ1v) is 5.39. The fourth-order valence-corrected chi connectivity index (χ4v) is 2.76. The van der Waals surface area contributed by atoms with Gasteiger partial charge in [-0.3, -0.25) is 4.68 Å². The number of fused-ring (bicyclic) bond motifs is 1. The van der Waals surface area contributed by atoms with E-state index in [-0.39, 0.29) is 5.60 Å². The zero-order valence-electron chi connectivity index (χ0n) is 8.73. The van der Waals surface area contributed by atoms with Gasteiger partial charge in [0.15, 0.2) is 0 Å². The largest absolute Gasteiger partial charge is 0.359 e. The fourth-order valence-electron chi connectivity index (χ4n) is 2.76. The average Bonchev–Trinajstić information content (AvgIpc) is 2.71. The Bertz CT molecular complexity index is 360. The first kappa shape index (κ1) is 8.48. The molecule has 76 valence electrons. The van der Waals surface area contributed by atoms with Crippen molar-refractivity contribution in [1.29, 1.82) is 0 Å². The lowest BCUT2D eigenvalue weighted by atomic mass is 9.81. The summed E-state index contributed by atoms with van der Waals surface area (Å²) in [6.07, 6.45) is 5.98. The van der Waals surface area contributed by atoms with E-state index in [0.29, 0.717) is 6.10 Å². The molecule has 1 aliphatic heterocycles. The van der Waals surface area contributed by atoms with Crippen LogP contribution in [-0.4, -0.2) is 15.9 Å². The summed E-state index contributed by atoms with van der Waals surface area (Å²) in [4.78, 5) is 0. The van der Waals surface area contributed by atoms with Crippen molar-refractivity contribution in [2.45, 2.75) is 37.9 Å². The third-order valence-corrected chi connectivity index (χ3v) is 3.69. The van der Waals surface area contributed by atoms with Gasteiger partial charge in [0.1, 0.15) is 5.60 Å². The SMILES string of the molecule is C[C@@H]1CC[C@@]2(c3ccnn3C)O[C@@H]2C1. The molecule has 0 bridgehead atoms. The second kappa shape index (κ2) is 2.60. The van der Waals surface area contributed by atoms with Crippen LogP contribution >= 0.6 is 0 Å². The van der Waals surface area contributed by atoms with E-state index in [2.05, 4.69) is 18.1 Å². The van der Waals surface area contributed by atoms with Crippen molar-refractivity contribution >= 4 is 0 Å². The summed E-state index contributed by atoms with van der Waals surface area (Å²) < 4.78 is 7.85. The van der Waals surface area contributed by atoms with Crippen molar-refractivity contribution in [2.24, 2.45) is 13.0 Å². The molecule has 0 amide bonds. The van der Waals surface area contributed by atoms with Crippen LogP contribution in [0.5, 0.6) is 0 Å². The molecule has 1 saturated carbocycles. The zero-order valence-corrected chi connectivity index (χ0v) is 8.73. The van der Waals surface area contributed by atoms with Gasteiger partial charge in [-0.2, -0.15) is 5.10 Å². The van der Waals surface area contributed by atoms with Crippen LogP contribution in [0.4, 0.5) is 0 Å². The molecule has 1 aromatic rings. The highest BCUT2D eigenvalue weighted by atomic mass is 16.6. The van der Waals surface area contributed by atoms with Crippen molar-refractivity contribution in [2.75, 3.05) is 0 Å². The number of nitrogens with zero attached hydrogens (tertiary/aromatic N) is 2. The number of ether oxygens (including phenoxy) is 1. The molecular weight excluding hydrogens is 176 g/mol. The van der Waals surface area contributed by atoms with Crippen LogP contribution in [0.3, 0.4) is 0 Å². The fraction of sp³-hybridized carbons (Fsp3) is 0.727. The molecular formula is C11H16N2O. The van der Waals surface area contributed by atoms with Gasteiger partial charge < -0.3 is 4.74 Å². The predicted molar refractivity (Wildman–Crippen MR) is 52.8 cm³/mol. The minimum Gasteiger partial charge on any atom is -0.359 e. The van der Waals surface area contributed by atoms with E-state index in [0.717, 1.165) is 5.92 Å². The van der Waals surface area contributed by atoms with Crippen LogP contribution in [0, 0.1) is 5.92 Å². The maximum Gasteiger partial charge on any atom is 0.136 e. The third-order valence-electron chi connectivity index (χ3n) is 3.69. The number of hydrogen-bond acceptors (Lipinski definition) is 2. The van der Waals surface area contributed by atoms with Gasteiger partial charge in [-0.15, -0.1) is 0 Å². The second-order valence-electron chi connectivity index (χ2n) is 4.72. The number of epoxide rings is 1. The molecule has 1 saturated heterocycles. The molecule has 2 fully saturated rings. The molecule has 0 N–H and O–H groups in total. The third kappa shape index (κ3) is 0.989. The Morgan fingerprint density at radius 2 is 2.50 bits per heavy atom. The molecule has 3 atom stereocenters. The molecule has 3 heteroatoms. The van der Waals surface area contributed by atoms with Gasteiger partial charge in [0.2, 0.25) is 0 Å². The Hall–Kier alpha value is -0.830. The van der Waals surface area contributed by atoms with Crippen molar-refractivity contribution in [3.05, 3.63) is 18.0 Å². The van der Waals surface area contributed by atoms with E-state index in [4.69, 9.17) is 4.74 Å². The van der Waals surface area contributed by atoms with Gasteiger partial charge in [0, 0.05) is 13.2 Å². The standard InChI is InChI=1S/C11H16N2O/c1-8-3-5-11(10(7-8)14-11)9-4-6-12-13(9)2/h4,6,8,10H,3,5,7H2,1-2H3/t8-,10-,11+/m1/s1. The molecule has 1 aliphatic carbocycles. The Labute approximate surface area is 84.1 Å². The molecule has 1 aromatic heterocycles. The number of aromatic nitrogens is 2. The summed E-state index contributed by atoms with van der Waals surface area (Å²) in [5, 5.41) is 4.22. The molecule has 0 spiro atoms. The topological polar surface area (TPSA) is 30.4 Å². The first-order chi connectivity index (χ1) is 6.72. The first-order valence-electron chi connectivity index (χ1n) is 5.39. The van der Waals surface area contributed by atoms with E-state index < -0.39 is 0 Å². The van der Waals surface area contributed by atoms with E-state index in [1.807, 2.05) is 17.9 Å². The lowest BCUT2D eigenvalue weighted by Gasteiger charge is -2.21. The smallest absolute Gasteiger partial charge is 0.136 e. The van der Waals surface area contributed by atoms with Crippen molar-refractivity contribution in [1.82, 2.24) is 9.78 Å². The lowest BCUT2D eigenvalue weighted by Crippen LogP contribution is -2.23. The summed E-state index contributed by atoms with van der Waals surface area (Å²) in [7, 11) is 2.00. The maximum absolute atomic E-state index is 5.90. The zero-order chi connectivity index (χ0) is 9.76. The summed E-state index contributed by atoms with van der Waals surface area (Å²) in [5.41, 5.74) is 1.30. The van der Waals surface area contributed by atoms with Gasteiger partial charge >= 0.3 is 0 Å². The number of hydrogen-bond donors (Lipinski definition) is 0. The molecule has 0 aromatic carbocycles. The van der Waals surface area contributed by atoms with E-state index in [1.54, 1.807) is 0 Å². The van der Waals surface area contributed by atoms with E-state index in [1.165, 1.54) is 25.0 Å². The van der Waals surface area contributed by atoms with Crippen LogP contribution in [0.2, 0.25) is 0 Å². The van der Waals surface area contributed by atoms with Crippen LogP contribution < -0.4 is 0 Å². The van der Waals surface area contributed by atoms with Gasteiger partial charge in [0.05, 0.1) is 11.8 Å². The Balaban J connectivity index is 1.91. The Morgan fingerprint density at radius 3 is 3.14 bits per heavy atom. The molecule has 0 radical (unpaired) electrons. The van der Waals surface area contributed by atoms with Crippen molar-refractivity contribution in [3.63, 3.8) is 0 Å². The molecule has 2 aliphatic rings. The predicted octanol–water partition coefficient (Wildman–Crippen LogP) is 1.83. The van der Waals surface area contributed by atoms with Crippen molar-refractivity contribution < 1.29 is 4.74 Å². The van der Waals surface area contributed by atoms with E-state index >= 15 is 0 Å². The Morgan fingerprint density at radius 1 is 1.64 bits per heavy atom. The van der Waals surface area contributed by atoms with Gasteiger partial charge in [-0.05, 0) is 31.2 Å². The average molecular weight is 192 g/mol. The van der Waals surface area contributed by atoms with Gasteiger partial charge in [-0.1, -0.05) is 6.92 Å². The van der Waals surface area contributed by atoms with Crippen LogP contribution in [0.25, 0.3) is 0 Å². The van der Waals surface area contributed by atoms with Gasteiger partial charge in [0.25, 0.3) is 0 Å². The highest BCUT2D eigenvalue weighted by Crippen LogP contribution is 2.56. The summed E-state index contributed by atoms with van der Waals surface area (Å²) in [6.45, 7) is 2.31. The molecule has 3 rings (SSSR count). The maximum atomic E-state index is 5.90. The Kier molecular flexibility index (Phi) is 1.57. The van der Waals surface area contributed by atoms with E-state index in [9.17, 15) is 0 Å². The second-order valence-corrected chi connectivity index (χ2v) is 4.72. The normalized spacial score (nSPS) is 40.7.